The Bertz CT molecular complexity index is 517. The van der Waals surface area contributed by atoms with Crippen molar-refractivity contribution in [2.45, 2.75) is 18.2 Å². The average molecular weight is 293 g/mol. The van der Waals surface area contributed by atoms with Crippen LogP contribution >= 0.6 is 11.6 Å². The molecule has 18 heavy (non-hydrogen) atoms. The van der Waals surface area contributed by atoms with Gasteiger partial charge in [-0.3, -0.25) is 0 Å². The van der Waals surface area contributed by atoms with Gasteiger partial charge in [-0.05, 0) is 31.0 Å². The lowest BCUT2D eigenvalue weighted by Gasteiger charge is -2.10. The van der Waals surface area contributed by atoms with Gasteiger partial charge in [0.15, 0.2) is 0 Å². The van der Waals surface area contributed by atoms with Gasteiger partial charge in [0.2, 0.25) is 10.0 Å². The Morgan fingerprint density at radius 1 is 1.44 bits per heavy atom. The summed E-state index contributed by atoms with van der Waals surface area (Å²) in [4.78, 5) is 0.00434. The second kappa shape index (κ2) is 6.38. The summed E-state index contributed by atoms with van der Waals surface area (Å²) in [6.45, 7) is 2.55. The first-order chi connectivity index (χ1) is 8.38. The van der Waals surface area contributed by atoms with Crippen LogP contribution in [0, 0.1) is 6.92 Å². The Labute approximate surface area is 112 Å². The largest absolute Gasteiger partial charge is 0.398 e. The number of benzene rings is 1. The molecule has 0 aliphatic heterocycles. The molecule has 1 aromatic carbocycles. The number of nitrogens with two attached hydrogens (primary N) is 1. The maximum atomic E-state index is 12.0. The van der Waals surface area contributed by atoms with Crippen molar-refractivity contribution in [3.63, 3.8) is 0 Å². The van der Waals surface area contributed by atoms with Crippen LogP contribution in [0.3, 0.4) is 0 Å². The lowest BCUT2D eigenvalue weighted by atomic mass is 10.2. The van der Waals surface area contributed by atoms with E-state index in [-0.39, 0.29) is 9.92 Å². The molecular formula is C11H17ClN2O3S. The van der Waals surface area contributed by atoms with Crippen LogP contribution in [0.2, 0.25) is 5.02 Å². The summed E-state index contributed by atoms with van der Waals surface area (Å²) in [6.07, 6.45) is 0.592. The molecule has 3 N–H and O–H groups in total. The van der Waals surface area contributed by atoms with Crippen LogP contribution < -0.4 is 10.5 Å². The Balaban J connectivity index is 2.88. The van der Waals surface area contributed by atoms with E-state index in [1.165, 1.54) is 6.07 Å². The molecule has 0 saturated heterocycles. The third-order valence-electron chi connectivity index (χ3n) is 2.43. The topological polar surface area (TPSA) is 81.4 Å². The highest BCUT2D eigenvalue weighted by atomic mass is 35.5. The number of anilines is 1. The quantitative estimate of drug-likeness (QED) is 0.616. The van der Waals surface area contributed by atoms with E-state index in [4.69, 9.17) is 22.1 Å². The van der Waals surface area contributed by atoms with Crippen LogP contribution in [-0.4, -0.2) is 28.7 Å². The number of ether oxygens (including phenoxy) is 1. The SMILES string of the molecule is COCCCNS(=O)(=O)c1cc(N)c(C)cc1Cl. The molecule has 102 valence electrons. The van der Waals surface area contributed by atoms with Crippen molar-refractivity contribution in [2.24, 2.45) is 0 Å². The maximum absolute atomic E-state index is 12.0. The molecule has 1 aromatic rings. The summed E-state index contributed by atoms with van der Waals surface area (Å²) >= 11 is 5.93. The molecule has 7 heteroatoms. The number of nitrogen functional groups attached to an aromatic ring is 1. The first-order valence-electron chi connectivity index (χ1n) is 5.42. The number of aryl methyl sites for hydroxylation is 1. The minimum absolute atomic E-state index is 0.00434. The summed E-state index contributed by atoms with van der Waals surface area (Å²) in [5, 5.41) is 0.168. The minimum atomic E-state index is -3.63. The van der Waals surface area contributed by atoms with Gasteiger partial charge in [0, 0.05) is 25.9 Å². The number of rotatable bonds is 6. The van der Waals surface area contributed by atoms with E-state index < -0.39 is 10.0 Å². The number of halogens is 1. The van der Waals surface area contributed by atoms with E-state index in [1.54, 1.807) is 20.1 Å². The van der Waals surface area contributed by atoms with Gasteiger partial charge in [-0.2, -0.15) is 0 Å². The number of methoxy groups -OCH3 is 1. The van der Waals surface area contributed by atoms with Gasteiger partial charge in [0.1, 0.15) is 4.90 Å². The fourth-order valence-electron chi connectivity index (χ4n) is 1.38. The predicted molar refractivity (Wildman–Crippen MR) is 72.3 cm³/mol. The molecule has 0 saturated carbocycles. The maximum Gasteiger partial charge on any atom is 0.242 e. The third kappa shape index (κ3) is 3.84. The molecule has 0 unspecified atom stereocenters. The number of nitrogens with one attached hydrogen (secondary N) is 1. The summed E-state index contributed by atoms with van der Waals surface area (Å²) in [6, 6.07) is 2.91. The minimum Gasteiger partial charge on any atom is -0.398 e. The van der Waals surface area contributed by atoms with Gasteiger partial charge in [-0.15, -0.1) is 0 Å². The van der Waals surface area contributed by atoms with Crippen molar-refractivity contribution < 1.29 is 13.2 Å². The highest BCUT2D eigenvalue weighted by Gasteiger charge is 2.18. The third-order valence-corrected chi connectivity index (χ3v) is 4.35. The number of sulfonamides is 1. The van der Waals surface area contributed by atoms with E-state index in [9.17, 15) is 8.42 Å². The zero-order chi connectivity index (χ0) is 13.8. The van der Waals surface area contributed by atoms with Crippen molar-refractivity contribution in [3.8, 4) is 0 Å². The molecule has 0 aromatic heterocycles. The molecule has 0 aliphatic carbocycles. The predicted octanol–water partition coefficient (Wildman–Crippen LogP) is 1.55. The smallest absolute Gasteiger partial charge is 0.242 e. The fourth-order valence-corrected chi connectivity index (χ4v) is 3.06. The molecule has 0 radical (unpaired) electrons. The Hall–Kier alpha value is -0.820. The van der Waals surface area contributed by atoms with Crippen LogP contribution in [0.25, 0.3) is 0 Å². The number of hydrogen-bond donors (Lipinski definition) is 2. The molecule has 1 rings (SSSR count). The van der Waals surface area contributed by atoms with Gasteiger partial charge < -0.3 is 10.5 Å². The number of hydrogen-bond acceptors (Lipinski definition) is 4. The molecule has 0 aliphatic rings. The van der Waals surface area contributed by atoms with Crippen LogP contribution in [0.5, 0.6) is 0 Å². The second-order valence-corrected chi connectivity index (χ2v) is 6.03. The summed E-state index contributed by atoms with van der Waals surface area (Å²) < 4.78 is 31.3. The van der Waals surface area contributed by atoms with Crippen molar-refractivity contribution in [1.82, 2.24) is 4.72 Å². The summed E-state index contributed by atoms with van der Waals surface area (Å²) in [5.74, 6) is 0. The van der Waals surface area contributed by atoms with Gasteiger partial charge in [-0.1, -0.05) is 11.6 Å². The summed E-state index contributed by atoms with van der Waals surface area (Å²) in [5.41, 5.74) is 6.84. The fraction of sp³-hybridized carbons (Fsp3) is 0.455. The van der Waals surface area contributed by atoms with Gasteiger partial charge in [-0.25, -0.2) is 13.1 Å². The van der Waals surface area contributed by atoms with E-state index in [0.717, 1.165) is 5.56 Å². The van der Waals surface area contributed by atoms with Gasteiger partial charge in [0.25, 0.3) is 0 Å². The molecule has 0 bridgehead atoms. The lowest BCUT2D eigenvalue weighted by molar-refractivity contribution is 0.196. The Morgan fingerprint density at radius 3 is 2.72 bits per heavy atom. The van der Waals surface area contributed by atoms with Crippen LogP contribution in [0.1, 0.15) is 12.0 Å². The van der Waals surface area contributed by atoms with Crippen LogP contribution in [0.4, 0.5) is 5.69 Å². The normalized spacial score (nSPS) is 11.7. The zero-order valence-electron chi connectivity index (χ0n) is 10.4. The standard InChI is InChI=1S/C11H17ClN2O3S/c1-8-6-9(12)11(7-10(8)13)18(15,16)14-4-3-5-17-2/h6-7,14H,3-5,13H2,1-2H3. The Morgan fingerprint density at radius 2 is 2.11 bits per heavy atom. The van der Waals surface area contributed by atoms with E-state index in [2.05, 4.69) is 4.72 Å². The molecule has 0 spiro atoms. The van der Waals surface area contributed by atoms with Crippen molar-refractivity contribution in [3.05, 3.63) is 22.7 Å². The van der Waals surface area contributed by atoms with Crippen LogP contribution in [0.15, 0.2) is 17.0 Å². The summed E-state index contributed by atoms with van der Waals surface area (Å²) in [7, 11) is -2.07. The molecule has 0 amide bonds. The first kappa shape index (κ1) is 15.2. The van der Waals surface area contributed by atoms with Crippen LogP contribution in [-0.2, 0) is 14.8 Å². The molecule has 0 heterocycles. The lowest BCUT2D eigenvalue weighted by Crippen LogP contribution is -2.26. The molecular weight excluding hydrogens is 276 g/mol. The van der Waals surface area contributed by atoms with Crippen molar-refractivity contribution >= 4 is 27.3 Å². The van der Waals surface area contributed by atoms with Crippen molar-refractivity contribution in [2.75, 3.05) is 26.0 Å². The highest BCUT2D eigenvalue weighted by Crippen LogP contribution is 2.26. The highest BCUT2D eigenvalue weighted by molar-refractivity contribution is 7.89. The second-order valence-electron chi connectivity index (χ2n) is 3.88. The molecule has 0 atom stereocenters. The van der Waals surface area contributed by atoms with E-state index >= 15 is 0 Å². The average Bonchev–Trinajstić information content (AvgIpc) is 2.29. The first-order valence-corrected chi connectivity index (χ1v) is 7.29. The molecule has 5 nitrogen and oxygen atoms in total. The van der Waals surface area contributed by atoms with Crippen molar-refractivity contribution in [1.29, 1.82) is 0 Å². The monoisotopic (exact) mass is 292 g/mol. The Kier molecular flexibility index (Phi) is 5.40. The van der Waals surface area contributed by atoms with Gasteiger partial charge >= 0.3 is 0 Å². The van der Waals surface area contributed by atoms with E-state index in [1.807, 2.05) is 0 Å². The zero-order valence-corrected chi connectivity index (χ0v) is 11.9. The van der Waals surface area contributed by atoms with E-state index in [0.29, 0.717) is 25.3 Å². The van der Waals surface area contributed by atoms with Gasteiger partial charge in [0.05, 0.1) is 5.02 Å². The molecule has 0 fully saturated rings.